The lowest BCUT2D eigenvalue weighted by Crippen LogP contribution is -2.07. The molecule has 1 N–H and O–H groups in total. The molecule has 2 nitrogen and oxygen atoms in total. The van der Waals surface area contributed by atoms with E-state index in [1.807, 2.05) is 13.2 Å². The van der Waals surface area contributed by atoms with Crippen LogP contribution in [0.4, 0.5) is 8.78 Å². The van der Waals surface area contributed by atoms with E-state index in [0.717, 1.165) is 18.2 Å². The third-order valence-electron chi connectivity index (χ3n) is 2.95. The summed E-state index contributed by atoms with van der Waals surface area (Å²) in [7, 11) is 0. The van der Waals surface area contributed by atoms with Gasteiger partial charge in [-0.3, -0.25) is 0 Å². The Morgan fingerprint density at radius 1 is 1.44 bits per heavy atom. The van der Waals surface area contributed by atoms with Crippen LogP contribution in [0.5, 0.6) is 0 Å². The number of hydrogen-bond donors (Lipinski definition) is 1. The molecule has 0 aliphatic heterocycles. The molecule has 0 spiro atoms. The number of aromatic amines is 1. The molecule has 1 atom stereocenters. The molecule has 0 aliphatic carbocycles. The molecule has 18 heavy (non-hydrogen) atoms. The van der Waals surface area contributed by atoms with Gasteiger partial charge in [-0.25, -0.2) is 8.78 Å². The molecular formula is C12H14F2N2S2. The van der Waals surface area contributed by atoms with Crippen molar-refractivity contribution in [1.29, 1.82) is 0 Å². The zero-order valence-electron chi connectivity index (χ0n) is 10.2. The first-order chi connectivity index (χ1) is 8.56. The summed E-state index contributed by atoms with van der Waals surface area (Å²) in [4.78, 5) is 2.92. The number of hydrogen-bond acceptors (Lipinski definition) is 2. The molecule has 1 aromatic carbocycles. The van der Waals surface area contributed by atoms with Crippen LogP contribution in [-0.4, -0.2) is 21.6 Å². The Kier molecular flexibility index (Phi) is 4.07. The van der Waals surface area contributed by atoms with Crippen molar-refractivity contribution in [3.05, 3.63) is 28.5 Å². The van der Waals surface area contributed by atoms with E-state index in [1.165, 1.54) is 6.07 Å². The van der Waals surface area contributed by atoms with Crippen LogP contribution in [0, 0.1) is 16.4 Å². The maximum Gasteiger partial charge on any atom is 0.184 e. The van der Waals surface area contributed by atoms with Gasteiger partial charge in [-0.1, -0.05) is 0 Å². The number of H-pyrrole nitrogens is 1. The van der Waals surface area contributed by atoms with Crippen molar-refractivity contribution in [3.8, 4) is 0 Å². The van der Waals surface area contributed by atoms with Crippen LogP contribution in [-0.2, 0) is 0 Å². The third-order valence-corrected chi connectivity index (χ3v) is 3.89. The van der Waals surface area contributed by atoms with Crippen molar-refractivity contribution in [1.82, 2.24) is 9.55 Å². The lowest BCUT2D eigenvalue weighted by Gasteiger charge is -2.14. The number of benzene rings is 1. The van der Waals surface area contributed by atoms with Gasteiger partial charge in [0.15, 0.2) is 16.4 Å². The van der Waals surface area contributed by atoms with Gasteiger partial charge in [0.2, 0.25) is 0 Å². The van der Waals surface area contributed by atoms with E-state index in [9.17, 15) is 8.78 Å². The average molecular weight is 288 g/mol. The van der Waals surface area contributed by atoms with Gasteiger partial charge in [0.05, 0.1) is 5.52 Å². The van der Waals surface area contributed by atoms with Crippen LogP contribution in [0.3, 0.4) is 0 Å². The molecule has 0 bridgehead atoms. The van der Waals surface area contributed by atoms with Crippen molar-refractivity contribution >= 4 is 35.0 Å². The zero-order valence-corrected chi connectivity index (χ0v) is 11.8. The molecule has 1 aromatic heterocycles. The van der Waals surface area contributed by atoms with Gasteiger partial charge >= 0.3 is 0 Å². The molecule has 0 saturated heterocycles. The molecule has 0 saturated carbocycles. The molecule has 0 fully saturated rings. The van der Waals surface area contributed by atoms with Crippen LogP contribution in [0.1, 0.15) is 19.4 Å². The Bertz CT molecular complexity index is 618. The number of nitrogens with one attached hydrogen (secondary N) is 1. The van der Waals surface area contributed by atoms with Gasteiger partial charge in [0.1, 0.15) is 5.52 Å². The maximum absolute atomic E-state index is 13.9. The van der Waals surface area contributed by atoms with E-state index < -0.39 is 11.6 Å². The van der Waals surface area contributed by atoms with Crippen molar-refractivity contribution in [2.45, 2.75) is 19.4 Å². The average Bonchev–Trinajstić information content (AvgIpc) is 2.68. The number of thioether (sulfide) groups is 1. The first-order valence-electron chi connectivity index (χ1n) is 5.63. The highest BCUT2D eigenvalue weighted by Gasteiger charge is 2.17. The molecule has 0 radical (unpaired) electrons. The first kappa shape index (κ1) is 13.5. The number of imidazole rings is 1. The number of rotatable bonds is 4. The zero-order chi connectivity index (χ0) is 13.3. The molecular weight excluding hydrogens is 274 g/mol. The Labute approximate surface area is 113 Å². The highest BCUT2D eigenvalue weighted by molar-refractivity contribution is 7.98. The van der Waals surface area contributed by atoms with Gasteiger partial charge in [0, 0.05) is 6.04 Å². The molecule has 2 aromatic rings. The van der Waals surface area contributed by atoms with Gasteiger partial charge in [0.25, 0.3) is 0 Å². The number of halogens is 2. The molecule has 98 valence electrons. The summed E-state index contributed by atoms with van der Waals surface area (Å²) in [6.45, 7) is 1.96. The minimum atomic E-state index is -0.845. The third kappa shape index (κ3) is 2.31. The monoisotopic (exact) mass is 288 g/mol. The predicted molar refractivity (Wildman–Crippen MR) is 74.7 cm³/mol. The second-order valence-electron chi connectivity index (χ2n) is 4.19. The largest absolute Gasteiger partial charge is 0.330 e. The van der Waals surface area contributed by atoms with Crippen LogP contribution >= 0.6 is 24.0 Å². The molecule has 0 aliphatic rings. The topological polar surface area (TPSA) is 20.7 Å². The summed E-state index contributed by atoms with van der Waals surface area (Å²) < 4.78 is 29.3. The quantitative estimate of drug-likeness (QED) is 0.847. The van der Waals surface area contributed by atoms with Gasteiger partial charge < -0.3 is 9.55 Å². The van der Waals surface area contributed by atoms with Crippen LogP contribution < -0.4 is 0 Å². The van der Waals surface area contributed by atoms with E-state index in [0.29, 0.717) is 10.3 Å². The highest BCUT2D eigenvalue weighted by Crippen LogP contribution is 2.25. The smallest absolute Gasteiger partial charge is 0.184 e. The normalized spacial score (nSPS) is 13.1. The number of aromatic nitrogens is 2. The SMILES string of the molecule is CSCCC(C)n1c(=S)[nH]c2ccc(F)c(F)c21. The fraction of sp³-hybridized carbons (Fsp3) is 0.417. The van der Waals surface area contributed by atoms with E-state index >= 15 is 0 Å². The minimum absolute atomic E-state index is 0.0370. The standard InChI is InChI=1S/C12H14F2N2S2/c1-7(5-6-18-2)16-11-9(15-12(16)17)4-3-8(13)10(11)14/h3-4,7H,5-6H2,1-2H3,(H,15,17). The second-order valence-corrected chi connectivity index (χ2v) is 5.56. The number of fused-ring (bicyclic) bond motifs is 1. The van der Waals surface area contributed by atoms with E-state index in [4.69, 9.17) is 12.2 Å². The second kappa shape index (κ2) is 5.40. The Hall–Kier alpha value is -0.880. The molecule has 1 heterocycles. The summed E-state index contributed by atoms with van der Waals surface area (Å²) in [5.41, 5.74) is 0.767. The summed E-state index contributed by atoms with van der Waals surface area (Å²) in [6.07, 6.45) is 2.87. The van der Waals surface area contributed by atoms with Gasteiger partial charge in [-0.05, 0) is 49.7 Å². The van der Waals surface area contributed by atoms with Crippen molar-refractivity contribution in [2.24, 2.45) is 0 Å². The Morgan fingerprint density at radius 3 is 2.83 bits per heavy atom. The molecule has 6 heteroatoms. The maximum atomic E-state index is 13.9. The summed E-state index contributed by atoms with van der Waals surface area (Å²) in [6, 6.07) is 2.66. The van der Waals surface area contributed by atoms with E-state index in [2.05, 4.69) is 4.98 Å². The molecule has 2 rings (SSSR count). The van der Waals surface area contributed by atoms with Crippen LogP contribution in [0.2, 0.25) is 0 Å². The minimum Gasteiger partial charge on any atom is -0.330 e. The number of nitrogens with zero attached hydrogens (tertiary/aromatic N) is 1. The summed E-state index contributed by atoms with van der Waals surface area (Å²) in [5.74, 6) is -0.731. The Balaban J connectivity index is 2.59. The lowest BCUT2D eigenvalue weighted by atomic mass is 10.2. The van der Waals surface area contributed by atoms with E-state index in [-0.39, 0.29) is 11.6 Å². The molecule has 0 amide bonds. The van der Waals surface area contributed by atoms with Crippen LogP contribution in [0.15, 0.2) is 12.1 Å². The summed E-state index contributed by atoms with van der Waals surface area (Å²) in [5, 5.41) is 0. The first-order valence-corrected chi connectivity index (χ1v) is 7.43. The van der Waals surface area contributed by atoms with Crippen LogP contribution in [0.25, 0.3) is 11.0 Å². The lowest BCUT2D eigenvalue weighted by molar-refractivity contribution is 0.496. The highest BCUT2D eigenvalue weighted by atomic mass is 32.2. The summed E-state index contributed by atoms with van der Waals surface area (Å²) >= 11 is 6.91. The van der Waals surface area contributed by atoms with E-state index in [1.54, 1.807) is 16.3 Å². The van der Waals surface area contributed by atoms with Crippen molar-refractivity contribution in [3.63, 3.8) is 0 Å². The molecule has 1 unspecified atom stereocenters. The van der Waals surface area contributed by atoms with Gasteiger partial charge in [-0.15, -0.1) is 0 Å². The van der Waals surface area contributed by atoms with Crippen molar-refractivity contribution in [2.75, 3.05) is 12.0 Å². The fourth-order valence-electron chi connectivity index (χ4n) is 1.99. The fourth-order valence-corrected chi connectivity index (χ4v) is 2.95. The predicted octanol–water partition coefficient (Wildman–Crippen LogP) is 4.29. The Morgan fingerprint density at radius 2 is 2.17 bits per heavy atom. The van der Waals surface area contributed by atoms with Gasteiger partial charge in [-0.2, -0.15) is 11.8 Å². The van der Waals surface area contributed by atoms with Crippen molar-refractivity contribution < 1.29 is 8.78 Å².